The van der Waals surface area contributed by atoms with Crippen molar-refractivity contribution in [2.45, 2.75) is 25.8 Å². The fourth-order valence-corrected chi connectivity index (χ4v) is 3.61. The number of rotatable bonds is 5. The fourth-order valence-electron chi connectivity index (χ4n) is 2.60. The van der Waals surface area contributed by atoms with Crippen LogP contribution in [-0.4, -0.2) is 4.98 Å². The minimum atomic E-state index is 0.0984. The molecule has 3 rings (SSSR count). The number of hydrogen-bond donors (Lipinski definition) is 2. The van der Waals surface area contributed by atoms with Gasteiger partial charge in [0.05, 0.1) is 11.6 Å². The molecule has 3 aromatic rings. The van der Waals surface area contributed by atoms with Gasteiger partial charge in [0.15, 0.2) is 0 Å². The Bertz CT molecular complexity index is 730. The van der Waals surface area contributed by atoms with Crippen molar-refractivity contribution < 1.29 is 0 Å². The lowest BCUT2D eigenvalue weighted by Gasteiger charge is -2.17. The third-order valence-electron chi connectivity index (χ3n) is 3.73. The number of pyridine rings is 1. The zero-order chi connectivity index (χ0) is 14.7. The predicted molar refractivity (Wildman–Crippen MR) is 89.2 cm³/mol. The summed E-state index contributed by atoms with van der Waals surface area (Å²) in [5.41, 5.74) is 5.18. The van der Waals surface area contributed by atoms with Gasteiger partial charge in [0.1, 0.15) is 0 Å². The van der Waals surface area contributed by atoms with Crippen LogP contribution in [0.4, 0.5) is 0 Å². The quantitative estimate of drug-likeness (QED) is 0.559. The van der Waals surface area contributed by atoms with E-state index in [0.29, 0.717) is 0 Å². The van der Waals surface area contributed by atoms with Gasteiger partial charge in [0.2, 0.25) is 0 Å². The Hall–Kier alpha value is -1.75. The van der Waals surface area contributed by atoms with Gasteiger partial charge in [-0.1, -0.05) is 25.1 Å². The topological polar surface area (TPSA) is 50.9 Å². The Morgan fingerprint density at radius 2 is 1.95 bits per heavy atom. The van der Waals surface area contributed by atoms with Crippen LogP contribution < -0.4 is 11.3 Å². The van der Waals surface area contributed by atoms with E-state index < -0.39 is 0 Å². The maximum atomic E-state index is 5.82. The van der Waals surface area contributed by atoms with E-state index in [1.165, 1.54) is 15.3 Å². The summed E-state index contributed by atoms with van der Waals surface area (Å²) in [6, 6.07) is 14.8. The number of nitrogens with one attached hydrogen (secondary N) is 1. The van der Waals surface area contributed by atoms with Crippen molar-refractivity contribution in [3.63, 3.8) is 0 Å². The molecule has 108 valence electrons. The van der Waals surface area contributed by atoms with Crippen LogP contribution in [0.15, 0.2) is 48.7 Å². The SMILES string of the molecule is CCc1ccc(CC(NN)c2ccnc3ccccc23)s1. The number of nitrogens with zero attached hydrogens (tertiary/aromatic N) is 1. The van der Waals surface area contributed by atoms with Crippen LogP contribution in [-0.2, 0) is 12.8 Å². The largest absolute Gasteiger partial charge is 0.271 e. The van der Waals surface area contributed by atoms with Gasteiger partial charge in [-0.2, -0.15) is 0 Å². The lowest BCUT2D eigenvalue weighted by Crippen LogP contribution is -2.29. The number of fused-ring (bicyclic) bond motifs is 1. The van der Waals surface area contributed by atoms with Crippen molar-refractivity contribution in [2.75, 3.05) is 0 Å². The molecule has 3 N–H and O–H groups in total. The van der Waals surface area contributed by atoms with Crippen molar-refractivity contribution >= 4 is 22.2 Å². The number of aromatic nitrogens is 1. The molecule has 2 heterocycles. The van der Waals surface area contributed by atoms with Gasteiger partial charge in [-0.05, 0) is 36.2 Å². The molecular weight excluding hydrogens is 278 g/mol. The van der Waals surface area contributed by atoms with Crippen LogP contribution in [0.25, 0.3) is 10.9 Å². The first-order valence-corrected chi connectivity index (χ1v) is 8.01. The second-order valence-corrected chi connectivity index (χ2v) is 6.32. The highest BCUT2D eigenvalue weighted by Gasteiger charge is 2.15. The summed E-state index contributed by atoms with van der Waals surface area (Å²) in [5.74, 6) is 5.82. The first-order valence-electron chi connectivity index (χ1n) is 7.19. The molecule has 0 saturated carbocycles. The molecule has 0 radical (unpaired) electrons. The molecule has 0 amide bonds. The number of thiophene rings is 1. The van der Waals surface area contributed by atoms with E-state index in [1.54, 1.807) is 0 Å². The van der Waals surface area contributed by atoms with E-state index >= 15 is 0 Å². The number of para-hydroxylation sites is 1. The summed E-state index contributed by atoms with van der Waals surface area (Å²) in [6.45, 7) is 2.19. The van der Waals surface area contributed by atoms with E-state index in [9.17, 15) is 0 Å². The van der Waals surface area contributed by atoms with Crippen molar-refractivity contribution in [3.8, 4) is 0 Å². The van der Waals surface area contributed by atoms with Gasteiger partial charge in [-0.15, -0.1) is 11.3 Å². The number of hydrazine groups is 1. The molecule has 21 heavy (non-hydrogen) atoms. The lowest BCUT2D eigenvalue weighted by molar-refractivity contribution is 0.559. The summed E-state index contributed by atoms with van der Waals surface area (Å²) in [7, 11) is 0. The van der Waals surface area contributed by atoms with E-state index in [1.807, 2.05) is 35.7 Å². The summed E-state index contributed by atoms with van der Waals surface area (Å²) in [4.78, 5) is 7.19. The Kier molecular flexibility index (Phi) is 4.29. The standard InChI is InChI=1S/C17H19N3S/c1-2-12-7-8-13(21-12)11-17(20-18)15-9-10-19-16-6-4-3-5-14(15)16/h3-10,17,20H,2,11,18H2,1H3. The minimum Gasteiger partial charge on any atom is -0.271 e. The molecule has 0 bridgehead atoms. The Morgan fingerprint density at radius 1 is 1.14 bits per heavy atom. The molecule has 1 unspecified atom stereocenters. The normalized spacial score (nSPS) is 12.7. The molecule has 0 saturated heterocycles. The highest BCUT2D eigenvalue weighted by molar-refractivity contribution is 7.11. The van der Waals surface area contributed by atoms with E-state index in [-0.39, 0.29) is 6.04 Å². The second-order valence-electron chi connectivity index (χ2n) is 5.06. The third-order valence-corrected chi connectivity index (χ3v) is 4.98. The van der Waals surface area contributed by atoms with Crippen molar-refractivity contribution in [1.29, 1.82) is 0 Å². The van der Waals surface area contributed by atoms with Crippen LogP contribution in [0.5, 0.6) is 0 Å². The van der Waals surface area contributed by atoms with Crippen LogP contribution in [0.1, 0.15) is 28.3 Å². The molecule has 0 aliphatic carbocycles. The van der Waals surface area contributed by atoms with Crippen molar-refractivity contribution in [2.24, 2.45) is 5.84 Å². The average Bonchev–Trinajstić information content (AvgIpc) is 3.00. The average molecular weight is 297 g/mol. The van der Waals surface area contributed by atoms with Gasteiger partial charge in [-0.25, -0.2) is 0 Å². The van der Waals surface area contributed by atoms with E-state index in [0.717, 1.165) is 23.7 Å². The maximum absolute atomic E-state index is 5.82. The third kappa shape index (κ3) is 2.97. The number of aryl methyl sites for hydroxylation is 1. The first-order chi connectivity index (χ1) is 10.3. The first kappa shape index (κ1) is 14.2. The molecule has 2 aromatic heterocycles. The zero-order valence-corrected chi connectivity index (χ0v) is 12.9. The van der Waals surface area contributed by atoms with Gasteiger partial charge in [0, 0.05) is 27.8 Å². The van der Waals surface area contributed by atoms with Crippen LogP contribution in [0.3, 0.4) is 0 Å². The van der Waals surface area contributed by atoms with Crippen molar-refractivity contribution in [1.82, 2.24) is 10.4 Å². The fraction of sp³-hybridized carbons (Fsp3) is 0.235. The van der Waals surface area contributed by atoms with Crippen LogP contribution >= 0.6 is 11.3 Å². The highest BCUT2D eigenvalue weighted by Crippen LogP contribution is 2.27. The molecule has 1 atom stereocenters. The number of hydrogen-bond acceptors (Lipinski definition) is 4. The van der Waals surface area contributed by atoms with E-state index in [4.69, 9.17) is 5.84 Å². The smallest absolute Gasteiger partial charge is 0.0705 e. The van der Waals surface area contributed by atoms with Gasteiger partial charge in [-0.3, -0.25) is 16.3 Å². The van der Waals surface area contributed by atoms with Gasteiger partial charge < -0.3 is 0 Å². The molecule has 0 aliphatic rings. The van der Waals surface area contributed by atoms with Crippen LogP contribution in [0, 0.1) is 0 Å². The van der Waals surface area contributed by atoms with Gasteiger partial charge in [0.25, 0.3) is 0 Å². The van der Waals surface area contributed by atoms with E-state index in [2.05, 4.69) is 41.6 Å². The Labute approximate surface area is 128 Å². The number of nitrogens with two attached hydrogens (primary N) is 1. The summed E-state index contributed by atoms with van der Waals surface area (Å²) in [6.07, 6.45) is 3.84. The highest BCUT2D eigenvalue weighted by atomic mass is 32.1. The maximum Gasteiger partial charge on any atom is 0.0705 e. The number of benzene rings is 1. The molecule has 3 nitrogen and oxygen atoms in total. The summed E-state index contributed by atoms with van der Waals surface area (Å²) < 4.78 is 0. The second kappa shape index (κ2) is 6.35. The van der Waals surface area contributed by atoms with Crippen LogP contribution in [0.2, 0.25) is 0 Å². The Morgan fingerprint density at radius 3 is 2.71 bits per heavy atom. The minimum absolute atomic E-state index is 0.0984. The summed E-state index contributed by atoms with van der Waals surface area (Å²) >= 11 is 1.87. The summed E-state index contributed by atoms with van der Waals surface area (Å²) in [5, 5.41) is 1.16. The predicted octanol–water partition coefficient (Wildman–Crippen LogP) is 3.61. The van der Waals surface area contributed by atoms with Gasteiger partial charge >= 0.3 is 0 Å². The molecule has 0 aliphatic heterocycles. The molecular formula is C17H19N3S. The monoisotopic (exact) mass is 297 g/mol. The molecule has 4 heteroatoms. The zero-order valence-electron chi connectivity index (χ0n) is 12.0. The molecule has 0 spiro atoms. The lowest BCUT2D eigenvalue weighted by atomic mass is 9.99. The van der Waals surface area contributed by atoms with Crippen molar-refractivity contribution in [3.05, 3.63) is 64.0 Å². The molecule has 0 fully saturated rings. The molecule has 1 aromatic carbocycles. The Balaban J connectivity index is 1.94.